The van der Waals surface area contributed by atoms with Crippen molar-refractivity contribution in [1.82, 2.24) is 19.8 Å². The summed E-state index contributed by atoms with van der Waals surface area (Å²) >= 11 is 0. The minimum atomic E-state index is -0.0877. The minimum absolute atomic E-state index is 0.0877. The van der Waals surface area contributed by atoms with E-state index in [-0.39, 0.29) is 5.91 Å². The maximum Gasteiger partial charge on any atom is 0.254 e. The number of aryl methyl sites for hydroxylation is 2. The molecule has 0 bridgehead atoms. The van der Waals surface area contributed by atoms with Gasteiger partial charge in [0, 0.05) is 30.9 Å². The molecule has 2 aromatic heterocycles. The van der Waals surface area contributed by atoms with Gasteiger partial charge in [0.1, 0.15) is 18.1 Å². The molecule has 0 radical (unpaired) electrons. The van der Waals surface area contributed by atoms with E-state index in [0.29, 0.717) is 24.5 Å². The molecule has 2 aromatic carbocycles. The van der Waals surface area contributed by atoms with E-state index in [9.17, 15) is 4.79 Å². The number of hydrogen-bond acceptors (Lipinski definition) is 5. The van der Waals surface area contributed by atoms with Crippen LogP contribution in [0.25, 0.3) is 5.69 Å². The highest BCUT2D eigenvalue weighted by molar-refractivity contribution is 5.94. The van der Waals surface area contributed by atoms with E-state index in [1.54, 1.807) is 35.0 Å². The molecule has 4 aromatic rings. The zero-order valence-corrected chi connectivity index (χ0v) is 17.8. The Bertz CT molecular complexity index is 1160. The second-order valence-electron chi connectivity index (χ2n) is 7.41. The average molecular weight is 416 g/mol. The molecule has 0 spiro atoms. The number of carbonyl (C=O) groups is 1. The Morgan fingerprint density at radius 2 is 1.94 bits per heavy atom. The van der Waals surface area contributed by atoms with Crippen LogP contribution in [-0.4, -0.2) is 32.8 Å². The number of benzene rings is 2. The van der Waals surface area contributed by atoms with Gasteiger partial charge in [-0.25, -0.2) is 4.68 Å². The van der Waals surface area contributed by atoms with Gasteiger partial charge in [0.25, 0.3) is 5.91 Å². The average Bonchev–Trinajstić information content (AvgIpc) is 3.39. The number of para-hydroxylation sites is 1. The van der Waals surface area contributed by atoms with Crippen LogP contribution in [0.3, 0.4) is 0 Å². The van der Waals surface area contributed by atoms with Gasteiger partial charge in [-0.05, 0) is 44.2 Å². The van der Waals surface area contributed by atoms with E-state index in [1.807, 2.05) is 62.5 Å². The SMILES string of the molecule is Cc1noc(C)c1COc1cccc(C(=O)N(C)Cc2cnn(-c3ccccc3)c2)c1. The predicted octanol–water partition coefficient (Wildman–Crippen LogP) is 4.33. The van der Waals surface area contributed by atoms with Crippen LogP contribution in [0, 0.1) is 13.8 Å². The van der Waals surface area contributed by atoms with Gasteiger partial charge >= 0.3 is 0 Å². The summed E-state index contributed by atoms with van der Waals surface area (Å²) in [5.74, 6) is 1.27. The molecule has 7 nitrogen and oxygen atoms in total. The molecular formula is C24H24N4O3. The summed E-state index contributed by atoms with van der Waals surface area (Å²) in [5.41, 5.74) is 4.22. The van der Waals surface area contributed by atoms with Crippen molar-refractivity contribution >= 4 is 5.91 Å². The third kappa shape index (κ3) is 4.66. The predicted molar refractivity (Wildman–Crippen MR) is 116 cm³/mol. The Balaban J connectivity index is 1.41. The van der Waals surface area contributed by atoms with Gasteiger partial charge in [-0.3, -0.25) is 4.79 Å². The van der Waals surface area contributed by atoms with E-state index in [1.165, 1.54) is 0 Å². The first-order chi connectivity index (χ1) is 15.0. The molecule has 7 heteroatoms. The van der Waals surface area contributed by atoms with Crippen molar-refractivity contribution in [2.24, 2.45) is 0 Å². The van der Waals surface area contributed by atoms with Crippen molar-refractivity contribution in [1.29, 1.82) is 0 Å². The summed E-state index contributed by atoms with van der Waals surface area (Å²) in [6, 6.07) is 17.1. The highest BCUT2D eigenvalue weighted by atomic mass is 16.5. The smallest absolute Gasteiger partial charge is 0.254 e. The second-order valence-corrected chi connectivity index (χ2v) is 7.41. The first kappa shape index (κ1) is 20.4. The molecular weight excluding hydrogens is 392 g/mol. The zero-order valence-electron chi connectivity index (χ0n) is 17.8. The number of aromatic nitrogens is 3. The van der Waals surface area contributed by atoms with Crippen LogP contribution >= 0.6 is 0 Å². The number of ether oxygens (including phenoxy) is 1. The van der Waals surface area contributed by atoms with Crippen LogP contribution in [0.5, 0.6) is 5.75 Å². The molecule has 4 rings (SSSR count). The molecule has 0 atom stereocenters. The molecule has 0 aliphatic rings. The van der Waals surface area contributed by atoms with Crippen molar-refractivity contribution in [2.45, 2.75) is 27.0 Å². The highest BCUT2D eigenvalue weighted by Crippen LogP contribution is 2.20. The van der Waals surface area contributed by atoms with Crippen LogP contribution in [-0.2, 0) is 13.2 Å². The second kappa shape index (κ2) is 8.87. The summed E-state index contributed by atoms with van der Waals surface area (Å²) in [5, 5.41) is 8.33. The molecule has 0 saturated heterocycles. The Morgan fingerprint density at radius 3 is 2.68 bits per heavy atom. The fourth-order valence-corrected chi connectivity index (χ4v) is 3.31. The Hall–Kier alpha value is -3.87. The van der Waals surface area contributed by atoms with Gasteiger partial charge in [-0.15, -0.1) is 0 Å². The zero-order chi connectivity index (χ0) is 21.8. The normalized spacial score (nSPS) is 10.8. The van der Waals surface area contributed by atoms with E-state index < -0.39 is 0 Å². The quantitative estimate of drug-likeness (QED) is 0.448. The largest absolute Gasteiger partial charge is 0.489 e. The van der Waals surface area contributed by atoms with Crippen molar-refractivity contribution < 1.29 is 14.1 Å². The van der Waals surface area contributed by atoms with Crippen LogP contribution in [0.2, 0.25) is 0 Å². The summed E-state index contributed by atoms with van der Waals surface area (Å²) in [6.07, 6.45) is 3.71. The molecule has 0 N–H and O–H groups in total. The van der Waals surface area contributed by atoms with E-state index in [0.717, 1.165) is 28.3 Å². The topological polar surface area (TPSA) is 73.4 Å². The maximum atomic E-state index is 12.9. The summed E-state index contributed by atoms with van der Waals surface area (Å²) in [6.45, 7) is 4.53. The van der Waals surface area contributed by atoms with E-state index >= 15 is 0 Å². The van der Waals surface area contributed by atoms with Gasteiger partial charge in [0.05, 0.1) is 23.1 Å². The molecule has 2 heterocycles. The van der Waals surface area contributed by atoms with Crippen LogP contribution < -0.4 is 4.74 Å². The van der Waals surface area contributed by atoms with Gasteiger partial charge in [-0.1, -0.05) is 29.4 Å². The fourth-order valence-electron chi connectivity index (χ4n) is 3.31. The van der Waals surface area contributed by atoms with Gasteiger partial charge < -0.3 is 14.2 Å². The maximum absolute atomic E-state index is 12.9. The molecule has 1 amide bonds. The Morgan fingerprint density at radius 1 is 1.13 bits per heavy atom. The molecule has 0 unspecified atom stereocenters. The van der Waals surface area contributed by atoms with Gasteiger partial charge in [0.15, 0.2) is 0 Å². The summed E-state index contributed by atoms with van der Waals surface area (Å²) in [4.78, 5) is 14.6. The number of amides is 1. The standard InChI is InChI=1S/C24H24N4O3/c1-17-23(18(2)31-26-17)16-30-22-11-7-8-20(12-22)24(29)27(3)14-19-13-25-28(15-19)21-9-5-4-6-10-21/h4-13,15H,14,16H2,1-3H3. The van der Waals surface area contributed by atoms with Crippen molar-refractivity contribution in [3.05, 3.63) is 95.1 Å². The van der Waals surface area contributed by atoms with Crippen molar-refractivity contribution in [2.75, 3.05) is 7.05 Å². The summed E-state index contributed by atoms with van der Waals surface area (Å²) < 4.78 is 12.8. The lowest BCUT2D eigenvalue weighted by atomic mass is 10.2. The Labute approximate surface area is 180 Å². The molecule has 0 aliphatic heterocycles. The van der Waals surface area contributed by atoms with Crippen LogP contribution in [0.15, 0.2) is 71.5 Å². The van der Waals surface area contributed by atoms with Gasteiger partial charge in [0.2, 0.25) is 0 Å². The molecule has 0 saturated carbocycles. The third-order valence-electron chi connectivity index (χ3n) is 5.07. The number of hydrogen-bond donors (Lipinski definition) is 0. The van der Waals surface area contributed by atoms with Crippen LogP contribution in [0.1, 0.15) is 32.9 Å². The summed E-state index contributed by atoms with van der Waals surface area (Å²) in [7, 11) is 1.78. The third-order valence-corrected chi connectivity index (χ3v) is 5.07. The lowest BCUT2D eigenvalue weighted by Gasteiger charge is -2.17. The molecule has 158 valence electrons. The molecule has 0 fully saturated rings. The van der Waals surface area contributed by atoms with Crippen LogP contribution in [0.4, 0.5) is 0 Å². The van der Waals surface area contributed by atoms with E-state index in [2.05, 4.69) is 10.3 Å². The fraction of sp³-hybridized carbons (Fsp3) is 0.208. The first-order valence-electron chi connectivity index (χ1n) is 10.0. The number of nitrogens with zero attached hydrogens (tertiary/aromatic N) is 4. The van der Waals surface area contributed by atoms with Crippen molar-refractivity contribution in [3.63, 3.8) is 0 Å². The lowest BCUT2D eigenvalue weighted by Crippen LogP contribution is -2.26. The molecule has 0 aliphatic carbocycles. The minimum Gasteiger partial charge on any atom is -0.489 e. The monoisotopic (exact) mass is 416 g/mol. The Kier molecular flexibility index (Phi) is 5.84. The van der Waals surface area contributed by atoms with E-state index in [4.69, 9.17) is 9.26 Å². The first-order valence-corrected chi connectivity index (χ1v) is 10.0. The van der Waals surface area contributed by atoms with Gasteiger partial charge in [-0.2, -0.15) is 5.10 Å². The number of rotatable bonds is 7. The lowest BCUT2D eigenvalue weighted by molar-refractivity contribution is 0.0784. The van der Waals surface area contributed by atoms with Crippen molar-refractivity contribution in [3.8, 4) is 11.4 Å². The molecule has 31 heavy (non-hydrogen) atoms. The number of carbonyl (C=O) groups excluding carboxylic acids is 1. The highest BCUT2D eigenvalue weighted by Gasteiger charge is 2.15.